The lowest BCUT2D eigenvalue weighted by Crippen LogP contribution is -2.33. The third-order valence-corrected chi connectivity index (χ3v) is 5.21. The lowest BCUT2D eigenvalue weighted by molar-refractivity contribution is -0.118. The van der Waals surface area contributed by atoms with Crippen molar-refractivity contribution in [1.82, 2.24) is 10.3 Å². The fourth-order valence-corrected chi connectivity index (χ4v) is 3.33. The molecule has 0 saturated heterocycles. The summed E-state index contributed by atoms with van der Waals surface area (Å²) in [6.07, 6.45) is 0. The third-order valence-electron chi connectivity index (χ3n) is 4.12. The zero-order valence-corrected chi connectivity index (χ0v) is 18.0. The number of hydrazone groups is 1. The van der Waals surface area contributed by atoms with Crippen LogP contribution in [0.1, 0.15) is 18.1 Å². The molecular weight excluding hydrogens is 408 g/mol. The summed E-state index contributed by atoms with van der Waals surface area (Å²) in [5.74, 6) is 1.36. The van der Waals surface area contributed by atoms with Gasteiger partial charge < -0.3 is 10.1 Å². The van der Waals surface area contributed by atoms with Gasteiger partial charge >= 0.3 is 0 Å². The number of thioether (sulfide) groups is 1. The van der Waals surface area contributed by atoms with Crippen molar-refractivity contribution in [2.24, 2.45) is 10.1 Å². The van der Waals surface area contributed by atoms with Crippen molar-refractivity contribution < 1.29 is 9.53 Å². The van der Waals surface area contributed by atoms with Gasteiger partial charge in [-0.15, -0.1) is 5.10 Å². The number of aryl methyl sites for hydroxylation is 1. The number of benzene rings is 2. The highest BCUT2D eigenvalue weighted by Crippen LogP contribution is 2.18. The van der Waals surface area contributed by atoms with Crippen LogP contribution in [-0.4, -0.2) is 40.8 Å². The van der Waals surface area contributed by atoms with Crippen LogP contribution in [0.5, 0.6) is 5.75 Å². The Morgan fingerprint density at radius 3 is 2.62 bits per heavy atom. The Hall–Kier alpha value is -2.51. The summed E-state index contributed by atoms with van der Waals surface area (Å²) in [7, 11) is 0. The topological polar surface area (TPSA) is 66.3 Å². The minimum absolute atomic E-state index is 0.0673. The molecule has 0 fully saturated rings. The Morgan fingerprint density at radius 1 is 1.21 bits per heavy atom. The molecule has 0 spiro atoms. The van der Waals surface area contributed by atoms with E-state index in [1.165, 1.54) is 17.3 Å². The van der Waals surface area contributed by atoms with E-state index in [0.29, 0.717) is 41.5 Å². The van der Waals surface area contributed by atoms with Gasteiger partial charge in [0.2, 0.25) is 17.0 Å². The molecule has 0 unspecified atom stereocenters. The van der Waals surface area contributed by atoms with E-state index < -0.39 is 0 Å². The Morgan fingerprint density at radius 2 is 1.93 bits per heavy atom. The maximum atomic E-state index is 12.2. The first-order valence-electron chi connectivity index (χ1n) is 9.31. The molecule has 1 aliphatic rings. The highest BCUT2D eigenvalue weighted by atomic mass is 35.5. The second-order valence-corrected chi connectivity index (χ2v) is 7.85. The molecule has 3 rings (SSSR count). The van der Waals surface area contributed by atoms with E-state index in [1.807, 2.05) is 43.1 Å². The molecular formula is C21H23ClN4O2S. The second-order valence-electron chi connectivity index (χ2n) is 6.48. The van der Waals surface area contributed by atoms with Gasteiger partial charge in [-0.2, -0.15) is 4.99 Å². The first kappa shape index (κ1) is 21.2. The highest BCUT2D eigenvalue weighted by Gasteiger charge is 2.17. The number of ether oxygens (including phenoxy) is 1. The van der Waals surface area contributed by atoms with E-state index in [1.54, 1.807) is 24.3 Å². The largest absolute Gasteiger partial charge is 0.441 e. The summed E-state index contributed by atoms with van der Waals surface area (Å²) in [5.41, 5.74) is 2.26. The van der Waals surface area contributed by atoms with Crippen LogP contribution in [0.15, 0.2) is 58.6 Å². The summed E-state index contributed by atoms with van der Waals surface area (Å²) in [4.78, 5) is 16.6. The highest BCUT2D eigenvalue weighted by molar-refractivity contribution is 8.14. The summed E-state index contributed by atoms with van der Waals surface area (Å²) >= 11 is 7.20. The van der Waals surface area contributed by atoms with Crippen molar-refractivity contribution in [3.05, 3.63) is 64.7 Å². The van der Waals surface area contributed by atoms with Gasteiger partial charge in [0.15, 0.2) is 0 Å². The first-order valence-corrected chi connectivity index (χ1v) is 10.7. The number of hydrogen-bond acceptors (Lipinski definition) is 6. The number of carbonyl (C=O) groups excluding carboxylic acids is 1. The van der Waals surface area contributed by atoms with Gasteiger partial charge in [0.25, 0.3) is 0 Å². The quantitative estimate of drug-likeness (QED) is 0.749. The predicted octanol–water partition coefficient (Wildman–Crippen LogP) is 4.08. The molecule has 1 aliphatic heterocycles. The molecule has 2 aromatic rings. The second kappa shape index (κ2) is 10.3. The number of nitrogens with one attached hydrogen (secondary N) is 1. The van der Waals surface area contributed by atoms with Crippen LogP contribution in [0, 0.1) is 6.92 Å². The van der Waals surface area contributed by atoms with Crippen molar-refractivity contribution in [2.45, 2.75) is 20.4 Å². The fourth-order valence-electron chi connectivity index (χ4n) is 2.50. The van der Waals surface area contributed by atoms with Crippen LogP contribution < -0.4 is 10.1 Å². The Kier molecular flexibility index (Phi) is 7.55. The standard InChI is InChI=1S/C21H23ClN4O2S/c1-3-26-13-20(28-18-10-8-17(22)9-11-18)24-21(25-26)29-14-19(27)23-12-16-6-4-15(2)5-7-16/h4-11H,3,12-14H2,1-2H3,(H,23,27). The fraction of sp³-hybridized carbons (Fsp3) is 0.286. The van der Waals surface area contributed by atoms with E-state index in [9.17, 15) is 4.79 Å². The summed E-state index contributed by atoms with van der Waals surface area (Å²) in [6, 6.07) is 15.2. The number of carbonyl (C=O) groups is 1. The number of amides is 1. The third kappa shape index (κ3) is 6.80. The van der Waals surface area contributed by atoms with Crippen LogP contribution in [0.2, 0.25) is 5.02 Å². The van der Waals surface area contributed by atoms with Crippen molar-refractivity contribution >= 4 is 40.3 Å². The summed E-state index contributed by atoms with van der Waals surface area (Å²) in [6.45, 7) is 5.73. The lowest BCUT2D eigenvalue weighted by atomic mass is 10.1. The van der Waals surface area contributed by atoms with Crippen LogP contribution >= 0.6 is 23.4 Å². The number of rotatable bonds is 6. The Bertz CT molecular complexity index is 898. The number of amidine groups is 1. The van der Waals surface area contributed by atoms with E-state index >= 15 is 0 Å². The van der Waals surface area contributed by atoms with Gasteiger partial charge in [-0.25, -0.2) is 0 Å². The number of hydrogen-bond donors (Lipinski definition) is 1. The first-order chi connectivity index (χ1) is 14.0. The van der Waals surface area contributed by atoms with E-state index in [0.717, 1.165) is 5.56 Å². The van der Waals surface area contributed by atoms with Gasteiger partial charge in [-0.05, 0) is 43.7 Å². The Labute approximate surface area is 180 Å². The van der Waals surface area contributed by atoms with Crippen molar-refractivity contribution in [1.29, 1.82) is 0 Å². The summed E-state index contributed by atoms with van der Waals surface area (Å²) in [5, 5.41) is 10.4. The van der Waals surface area contributed by atoms with E-state index in [4.69, 9.17) is 16.3 Å². The van der Waals surface area contributed by atoms with Gasteiger partial charge in [0, 0.05) is 18.1 Å². The van der Waals surface area contributed by atoms with Crippen molar-refractivity contribution in [3.8, 4) is 5.75 Å². The molecule has 1 heterocycles. The van der Waals surface area contributed by atoms with Crippen LogP contribution in [0.3, 0.4) is 0 Å². The van der Waals surface area contributed by atoms with Gasteiger partial charge in [-0.3, -0.25) is 9.80 Å². The molecule has 0 aliphatic carbocycles. The molecule has 0 aromatic heterocycles. The number of halogens is 1. The molecule has 6 nitrogen and oxygen atoms in total. The number of aliphatic imine (C=N–C) groups is 1. The molecule has 0 saturated carbocycles. The number of likely N-dealkylation sites (N-methyl/N-ethyl adjacent to an activating group) is 1. The van der Waals surface area contributed by atoms with Gasteiger partial charge in [-0.1, -0.05) is 53.2 Å². The van der Waals surface area contributed by atoms with E-state index in [-0.39, 0.29) is 11.7 Å². The predicted molar refractivity (Wildman–Crippen MR) is 120 cm³/mol. The maximum Gasteiger partial charge on any atom is 0.230 e. The molecule has 1 N–H and O–H groups in total. The molecule has 152 valence electrons. The lowest BCUT2D eigenvalue weighted by Gasteiger charge is -2.23. The normalized spacial score (nSPS) is 13.6. The SMILES string of the molecule is CCN1CC(Oc2ccc(Cl)cc2)=NC(SCC(=O)NCc2ccc(C)cc2)=N1. The van der Waals surface area contributed by atoms with E-state index in [2.05, 4.69) is 15.4 Å². The molecule has 29 heavy (non-hydrogen) atoms. The number of nitrogens with zero attached hydrogens (tertiary/aromatic N) is 3. The van der Waals surface area contributed by atoms with Gasteiger partial charge in [0.1, 0.15) is 12.3 Å². The molecule has 8 heteroatoms. The Balaban J connectivity index is 1.54. The molecule has 0 radical (unpaired) electrons. The zero-order valence-electron chi connectivity index (χ0n) is 16.4. The molecule has 0 bridgehead atoms. The van der Waals surface area contributed by atoms with Gasteiger partial charge in [0.05, 0.1) is 5.75 Å². The smallest absolute Gasteiger partial charge is 0.230 e. The van der Waals surface area contributed by atoms with Crippen molar-refractivity contribution in [3.63, 3.8) is 0 Å². The average molecular weight is 431 g/mol. The molecule has 0 atom stereocenters. The van der Waals surface area contributed by atoms with Crippen LogP contribution in [0.25, 0.3) is 0 Å². The van der Waals surface area contributed by atoms with Crippen LogP contribution in [-0.2, 0) is 11.3 Å². The average Bonchev–Trinajstić information content (AvgIpc) is 2.73. The molecule has 1 amide bonds. The monoisotopic (exact) mass is 430 g/mol. The molecule has 2 aromatic carbocycles. The zero-order chi connectivity index (χ0) is 20.6. The maximum absolute atomic E-state index is 12.2. The van der Waals surface area contributed by atoms with Crippen LogP contribution in [0.4, 0.5) is 0 Å². The minimum Gasteiger partial charge on any atom is -0.441 e. The summed E-state index contributed by atoms with van der Waals surface area (Å²) < 4.78 is 5.85. The van der Waals surface area contributed by atoms with Crippen molar-refractivity contribution in [2.75, 3.05) is 18.8 Å². The minimum atomic E-state index is -0.0673.